The van der Waals surface area contributed by atoms with Gasteiger partial charge in [-0.15, -0.1) is 5.10 Å². The van der Waals surface area contributed by atoms with Crippen molar-refractivity contribution in [2.45, 2.75) is 52.1 Å². The van der Waals surface area contributed by atoms with E-state index in [4.69, 9.17) is 5.73 Å². The molecule has 1 heterocycles. The van der Waals surface area contributed by atoms with Crippen LogP contribution in [0.2, 0.25) is 0 Å². The van der Waals surface area contributed by atoms with Crippen LogP contribution >= 0.6 is 0 Å². The zero-order chi connectivity index (χ0) is 10.2. The first kappa shape index (κ1) is 11.2. The van der Waals surface area contributed by atoms with Gasteiger partial charge in [0.05, 0.1) is 11.9 Å². The van der Waals surface area contributed by atoms with Gasteiger partial charge in [0.2, 0.25) is 0 Å². The van der Waals surface area contributed by atoms with E-state index >= 15 is 0 Å². The molecule has 14 heavy (non-hydrogen) atoms. The lowest BCUT2D eigenvalue weighted by molar-refractivity contribution is 0.507. The van der Waals surface area contributed by atoms with Gasteiger partial charge in [0.25, 0.3) is 0 Å². The summed E-state index contributed by atoms with van der Waals surface area (Å²) in [5.74, 6) is 0. The number of nitrogens with two attached hydrogens (primary N) is 1. The molecule has 0 aromatic carbocycles. The normalized spacial score (nSPS) is 10.7. The Hall–Kier alpha value is -0.900. The Balaban J connectivity index is 2.17. The monoisotopic (exact) mass is 196 g/mol. The molecule has 80 valence electrons. The van der Waals surface area contributed by atoms with Crippen LogP contribution in [0.1, 0.15) is 44.7 Å². The highest BCUT2D eigenvalue weighted by Crippen LogP contribution is 2.04. The molecule has 0 bridgehead atoms. The Morgan fingerprint density at radius 1 is 1.29 bits per heavy atom. The lowest BCUT2D eigenvalue weighted by Crippen LogP contribution is -2.09. The van der Waals surface area contributed by atoms with Gasteiger partial charge < -0.3 is 5.73 Å². The molecule has 0 aliphatic carbocycles. The van der Waals surface area contributed by atoms with Gasteiger partial charge >= 0.3 is 0 Å². The minimum atomic E-state index is 0.530. The Labute approximate surface area is 85.5 Å². The third-order valence-electron chi connectivity index (χ3n) is 2.38. The van der Waals surface area contributed by atoms with Crippen LogP contribution in [0.15, 0.2) is 6.20 Å². The Morgan fingerprint density at radius 3 is 2.79 bits per heavy atom. The minimum absolute atomic E-state index is 0.530. The van der Waals surface area contributed by atoms with Crippen molar-refractivity contribution in [1.82, 2.24) is 15.0 Å². The molecule has 0 saturated carbocycles. The fourth-order valence-electron chi connectivity index (χ4n) is 1.49. The second-order valence-corrected chi connectivity index (χ2v) is 3.57. The average Bonchev–Trinajstić information content (AvgIpc) is 2.65. The maximum absolute atomic E-state index is 5.55. The van der Waals surface area contributed by atoms with Gasteiger partial charge in [-0.25, -0.2) is 4.68 Å². The van der Waals surface area contributed by atoms with Gasteiger partial charge in [-0.1, -0.05) is 37.8 Å². The van der Waals surface area contributed by atoms with E-state index in [9.17, 15) is 0 Å². The van der Waals surface area contributed by atoms with E-state index in [-0.39, 0.29) is 0 Å². The molecule has 1 rings (SSSR count). The van der Waals surface area contributed by atoms with Crippen molar-refractivity contribution in [2.75, 3.05) is 0 Å². The maximum atomic E-state index is 5.55. The summed E-state index contributed by atoms with van der Waals surface area (Å²) >= 11 is 0. The van der Waals surface area contributed by atoms with E-state index in [1.807, 2.05) is 4.68 Å². The predicted octanol–water partition coefficient (Wildman–Crippen LogP) is 1.71. The quantitative estimate of drug-likeness (QED) is 0.675. The largest absolute Gasteiger partial charge is 0.325 e. The van der Waals surface area contributed by atoms with Crippen molar-refractivity contribution in [3.05, 3.63) is 11.9 Å². The first-order chi connectivity index (χ1) is 6.88. The third-order valence-corrected chi connectivity index (χ3v) is 2.38. The standard InChI is InChI=1S/C10H20N4/c1-2-3-4-5-6-7-14-10(8-11)9-12-13-14/h9H,2-8,11H2,1H3. The molecular formula is C10H20N4. The van der Waals surface area contributed by atoms with E-state index in [1.165, 1.54) is 32.1 Å². The van der Waals surface area contributed by atoms with Crippen LogP contribution in [0, 0.1) is 0 Å². The molecule has 0 fully saturated rings. The van der Waals surface area contributed by atoms with Crippen molar-refractivity contribution < 1.29 is 0 Å². The van der Waals surface area contributed by atoms with Crippen molar-refractivity contribution in [3.63, 3.8) is 0 Å². The van der Waals surface area contributed by atoms with Crippen LogP contribution in [0.5, 0.6) is 0 Å². The van der Waals surface area contributed by atoms with E-state index in [0.717, 1.165) is 12.2 Å². The number of aromatic nitrogens is 3. The van der Waals surface area contributed by atoms with E-state index < -0.39 is 0 Å². The summed E-state index contributed by atoms with van der Waals surface area (Å²) in [6.45, 7) is 3.71. The molecular weight excluding hydrogens is 176 g/mol. The van der Waals surface area contributed by atoms with Gasteiger partial charge in [-0.3, -0.25) is 0 Å². The molecule has 0 aliphatic heterocycles. The Morgan fingerprint density at radius 2 is 2.07 bits per heavy atom. The molecule has 0 saturated heterocycles. The molecule has 1 aromatic rings. The molecule has 0 spiro atoms. The number of unbranched alkanes of at least 4 members (excludes halogenated alkanes) is 4. The lowest BCUT2D eigenvalue weighted by Gasteiger charge is -2.03. The van der Waals surface area contributed by atoms with Crippen LogP contribution < -0.4 is 5.73 Å². The second-order valence-electron chi connectivity index (χ2n) is 3.57. The first-order valence-electron chi connectivity index (χ1n) is 5.46. The lowest BCUT2D eigenvalue weighted by atomic mass is 10.1. The van der Waals surface area contributed by atoms with Crippen LogP contribution in [0.3, 0.4) is 0 Å². The van der Waals surface area contributed by atoms with Gasteiger partial charge in [0.1, 0.15) is 0 Å². The topological polar surface area (TPSA) is 56.7 Å². The van der Waals surface area contributed by atoms with Gasteiger partial charge in [-0.05, 0) is 6.42 Å². The Kier molecular flexibility index (Phi) is 5.22. The fraction of sp³-hybridized carbons (Fsp3) is 0.800. The summed E-state index contributed by atoms with van der Waals surface area (Å²) in [6, 6.07) is 0. The third kappa shape index (κ3) is 3.46. The number of nitrogens with zero attached hydrogens (tertiary/aromatic N) is 3. The molecule has 4 nitrogen and oxygen atoms in total. The number of hydrogen-bond donors (Lipinski definition) is 1. The summed E-state index contributed by atoms with van der Waals surface area (Å²) in [4.78, 5) is 0. The number of rotatable bonds is 7. The zero-order valence-corrected chi connectivity index (χ0v) is 8.95. The van der Waals surface area contributed by atoms with Crippen LogP contribution in [-0.4, -0.2) is 15.0 Å². The van der Waals surface area contributed by atoms with Crippen molar-refractivity contribution >= 4 is 0 Å². The van der Waals surface area contributed by atoms with E-state index in [1.54, 1.807) is 6.20 Å². The molecule has 2 N–H and O–H groups in total. The summed E-state index contributed by atoms with van der Waals surface area (Å²) in [6.07, 6.45) is 8.14. The van der Waals surface area contributed by atoms with Crippen molar-refractivity contribution in [3.8, 4) is 0 Å². The second kappa shape index (κ2) is 6.54. The summed E-state index contributed by atoms with van der Waals surface area (Å²) in [5.41, 5.74) is 6.57. The molecule has 4 heteroatoms. The summed E-state index contributed by atoms with van der Waals surface area (Å²) in [5, 5.41) is 7.83. The SMILES string of the molecule is CCCCCCCn1nncc1CN. The Bertz CT molecular complexity index is 244. The minimum Gasteiger partial charge on any atom is -0.325 e. The number of aryl methyl sites for hydroxylation is 1. The number of hydrogen-bond acceptors (Lipinski definition) is 3. The zero-order valence-electron chi connectivity index (χ0n) is 8.95. The van der Waals surface area contributed by atoms with Crippen LogP contribution in [0.25, 0.3) is 0 Å². The molecule has 0 amide bonds. The van der Waals surface area contributed by atoms with Crippen LogP contribution in [0.4, 0.5) is 0 Å². The highest BCUT2D eigenvalue weighted by molar-refractivity contribution is 4.91. The smallest absolute Gasteiger partial charge is 0.0738 e. The molecule has 1 aromatic heterocycles. The first-order valence-corrected chi connectivity index (χ1v) is 5.46. The van der Waals surface area contributed by atoms with Gasteiger partial charge in [0, 0.05) is 13.1 Å². The van der Waals surface area contributed by atoms with Gasteiger partial charge in [-0.2, -0.15) is 0 Å². The van der Waals surface area contributed by atoms with Crippen LogP contribution in [-0.2, 0) is 13.1 Å². The summed E-state index contributed by atoms with van der Waals surface area (Å²) in [7, 11) is 0. The molecule has 0 aliphatic rings. The highest BCUT2D eigenvalue weighted by Gasteiger charge is 2.00. The van der Waals surface area contributed by atoms with Crippen molar-refractivity contribution in [2.24, 2.45) is 5.73 Å². The maximum Gasteiger partial charge on any atom is 0.0738 e. The summed E-state index contributed by atoms with van der Waals surface area (Å²) < 4.78 is 1.91. The molecule has 0 atom stereocenters. The highest BCUT2D eigenvalue weighted by atomic mass is 15.4. The fourth-order valence-corrected chi connectivity index (χ4v) is 1.49. The van der Waals surface area contributed by atoms with E-state index in [2.05, 4.69) is 17.2 Å². The molecule has 0 radical (unpaired) electrons. The van der Waals surface area contributed by atoms with Gasteiger partial charge in [0.15, 0.2) is 0 Å². The average molecular weight is 196 g/mol. The predicted molar refractivity (Wildman–Crippen MR) is 56.7 cm³/mol. The van der Waals surface area contributed by atoms with Crippen molar-refractivity contribution in [1.29, 1.82) is 0 Å². The van der Waals surface area contributed by atoms with E-state index in [0.29, 0.717) is 6.54 Å². The molecule has 0 unspecified atom stereocenters.